The molecular weight excluding hydrogens is 252 g/mol. The maximum Gasteiger partial charge on any atom is 0.252 e. The molecule has 0 atom stereocenters. The number of aromatic amines is 1. The average molecular weight is 272 g/mol. The predicted molar refractivity (Wildman–Crippen MR) is 80.7 cm³/mol. The summed E-state index contributed by atoms with van der Waals surface area (Å²) in [5.74, 6) is 1.38. The number of anilines is 1. The second-order valence-corrected chi connectivity index (χ2v) is 4.73. The van der Waals surface area contributed by atoms with E-state index in [0.29, 0.717) is 31.2 Å². The van der Waals surface area contributed by atoms with Crippen molar-refractivity contribution in [3.63, 3.8) is 0 Å². The molecule has 0 saturated heterocycles. The molecule has 0 saturated carbocycles. The fraction of sp³-hybridized carbons (Fsp3) is 0.333. The first-order valence-electron chi connectivity index (χ1n) is 6.72. The molecule has 5 nitrogen and oxygen atoms in total. The highest BCUT2D eigenvalue weighted by Crippen LogP contribution is 2.14. The predicted octanol–water partition coefficient (Wildman–Crippen LogP) is 1.43. The summed E-state index contributed by atoms with van der Waals surface area (Å²) < 4.78 is 0. The third-order valence-electron chi connectivity index (χ3n) is 3.25. The molecule has 106 valence electrons. The van der Waals surface area contributed by atoms with Gasteiger partial charge in [0.1, 0.15) is 11.6 Å². The van der Waals surface area contributed by atoms with Crippen molar-refractivity contribution in [2.45, 2.75) is 26.4 Å². The third kappa shape index (κ3) is 3.24. The van der Waals surface area contributed by atoms with E-state index in [1.807, 2.05) is 43.1 Å². The molecule has 0 fully saturated rings. The number of nitrogens with one attached hydrogen (secondary N) is 1. The summed E-state index contributed by atoms with van der Waals surface area (Å²) in [6, 6.07) is 9.56. The lowest BCUT2D eigenvalue weighted by atomic mass is 10.1. The van der Waals surface area contributed by atoms with E-state index in [0.717, 1.165) is 11.1 Å². The summed E-state index contributed by atoms with van der Waals surface area (Å²) in [7, 11) is 1.93. The molecule has 0 amide bonds. The van der Waals surface area contributed by atoms with Crippen LogP contribution in [0.1, 0.15) is 23.9 Å². The van der Waals surface area contributed by atoms with Crippen LogP contribution in [-0.2, 0) is 19.5 Å². The van der Waals surface area contributed by atoms with Crippen molar-refractivity contribution < 1.29 is 0 Å². The van der Waals surface area contributed by atoms with Crippen LogP contribution in [0.2, 0.25) is 0 Å². The number of aryl methyl sites for hydroxylation is 1. The van der Waals surface area contributed by atoms with Crippen LogP contribution in [0.5, 0.6) is 0 Å². The zero-order valence-corrected chi connectivity index (χ0v) is 11.9. The standard InChI is InChI=1S/C15H20N4O/c1-3-13-17-14(8-15(20)18-13)19(2)10-12-7-5-4-6-11(12)9-16/h4-8H,3,9-10,16H2,1-2H3,(H,17,18,20). The highest BCUT2D eigenvalue weighted by molar-refractivity contribution is 5.39. The Morgan fingerprint density at radius 1 is 1.30 bits per heavy atom. The van der Waals surface area contributed by atoms with Crippen molar-refractivity contribution >= 4 is 5.82 Å². The van der Waals surface area contributed by atoms with Crippen molar-refractivity contribution in [2.75, 3.05) is 11.9 Å². The van der Waals surface area contributed by atoms with Crippen molar-refractivity contribution in [3.8, 4) is 0 Å². The van der Waals surface area contributed by atoms with Gasteiger partial charge in [0, 0.05) is 32.6 Å². The molecule has 0 radical (unpaired) electrons. The topological polar surface area (TPSA) is 75.0 Å². The number of aromatic nitrogens is 2. The Balaban J connectivity index is 2.25. The van der Waals surface area contributed by atoms with Crippen molar-refractivity contribution in [1.82, 2.24) is 9.97 Å². The van der Waals surface area contributed by atoms with Gasteiger partial charge in [0.25, 0.3) is 5.56 Å². The Morgan fingerprint density at radius 2 is 2.00 bits per heavy atom. The van der Waals surface area contributed by atoms with E-state index in [1.54, 1.807) is 0 Å². The van der Waals surface area contributed by atoms with Crippen LogP contribution < -0.4 is 16.2 Å². The lowest BCUT2D eigenvalue weighted by Gasteiger charge is -2.20. The van der Waals surface area contributed by atoms with Gasteiger partial charge in [-0.15, -0.1) is 0 Å². The van der Waals surface area contributed by atoms with Gasteiger partial charge in [-0.05, 0) is 11.1 Å². The highest BCUT2D eigenvalue weighted by atomic mass is 16.1. The van der Waals surface area contributed by atoms with E-state index in [4.69, 9.17) is 5.73 Å². The Bertz CT molecular complexity index is 636. The number of rotatable bonds is 5. The normalized spacial score (nSPS) is 10.6. The fourth-order valence-electron chi connectivity index (χ4n) is 2.10. The molecule has 0 unspecified atom stereocenters. The number of hydrogen-bond donors (Lipinski definition) is 2. The first-order valence-corrected chi connectivity index (χ1v) is 6.72. The Hall–Kier alpha value is -2.14. The van der Waals surface area contributed by atoms with Gasteiger partial charge in [0.15, 0.2) is 0 Å². The smallest absolute Gasteiger partial charge is 0.252 e. The second kappa shape index (κ2) is 6.34. The summed E-state index contributed by atoms with van der Waals surface area (Å²) in [5, 5.41) is 0. The zero-order chi connectivity index (χ0) is 14.5. The highest BCUT2D eigenvalue weighted by Gasteiger charge is 2.08. The molecule has 0 spiro atoms. The molecule has 0 aliphatic heterocycles. The minimum Gasteiger partial charge on any atom is -0.355 e. The van der Waals surface area contributed by atoms with Crippen LogP contribution in [0.25, 0.3) is 0 Å². The molecule has 1 aromatic heterocycles. The molecule has 1 aromatic carbocycles. The fourth-order valence-corrected chi connectivity index (χ4v) is 2.10. The van der Waals surface area contributed by atoms with Gasteiger partial charge in [0.05, 0.1) is 0 Å². The molecule has 5 heteroatoms. The first kappa shape index (κ1) is 14.3. The molecule has 0 bridgehead atoms. The van der Waals surface area contributed by atoms with E-state index in [9.17, 15) is 4.79 Å². The van der Waals surface area contributed by atoms with E-state index in [-0.39, 0.29) is 5.56 Å². The number of nitrogens with two attached hydrogens (primary N) is 1. The zero-order valence-electron chi connectivity index (χ0n) is 11.9. The second-order valence-electron chi connectivity index (χ2n) is 4.73. The summed E-state index contributed by atoms with van der Waals surface area (Å²) in [4.78, 5) is 20.7. The van der Waals surface area contributed by atoms with Crippen LogP contribution in [0.4, 0.5) is 5.82 Å². The van der Waals surface area contributed by atoms with Crippen molar-refractivity contribution in [1.29, 1.82) is 0 Å². The maximum absolute atomic E-state index is 11.6. The van der Waals surface area contributed by atoms with Gasteiger partial charge in [-0.2, -0.15) is 0 Å². The number of nitrogens with zero attached hydrogens (tertiary/aromatic N) is 2. The van der Waals surface area contributed by atoms with E-state index in [1.165, 1.54) is 6.07 Å². The van der Waals surface area contributed by atoms with E-state index >= 15 is 0 Å². The quantitative estimate of drug-likeness (QED) is 0.863. The summed E-state index contributed by atoms with van der Waals surface area (Å²) >= 11 is 0. The van der Waals surface area contributed by atoms with Crippen LogP contribution in [-0.4, -0.2) is 17.0 Å². The molecule has 2 aromatic rings. The van der Waals surface area contributed by atoms with E-state index < -0.39 is 0 Å². The van der Waals surface area contributed by atoms with Crippen LogP contribution in [0.3, 0.4) is 0 Å². The monoisotopic (exact) mass is 272 g/mol. The SMILES string of the molecule is CCc1nc(N(C)Cc2ccccc2CN)cc(=O)[nH]1. The van der Waals surface area contributed by atoms with Gasteiger partial charge in [0.2, 0.25) is 0 Å². The minimum atomic E-state index is -0.120. The molecule has 1 heterocycles. The Labute approximate surface area is 118 Å². The maximum atomic E-state index is 11.6. The van der Waals surface area contributed by atoms with Crippen LogP contribution in [0.15, 0.2) is 35.1 Å². The molecule has 0 aliphatic rings. The van der Waals surface area contributed by atoms with E-state index in [2.05, 4.69) is 9.97 Å². The number of H-pyrrole nitrogens is 1. The van der Waals surface area contributed by atoms with Crippen molar-refractivity contribution in [2.24, 2.45) is 5.73 Å². The Kier molecular flexibility index (Phi) is 4.53. The molecule has 3 N–H and O–H groups in total. The van der Waals surface area contributed by atoms with Crippen LogP contribution >= 0.6 is 0 Å². The first-order chi connectivity index (χ1) is 9.63. The van der Waals surface area contributed by atoms with Gasteiger partial charge >= 0.3 is 0 Å². The molecule has 20 heavy (non-hydrogen) atoms. The largest absolute Gasteiger partial charge is 0.355 e. The van der Waals surface area contributed by atoms with Crippen LogP contribution in [0, 0.1) is 0 Å². The molecule has 0 aliphatic carbocycles. The minimum absolute atomic E-state index is 0.120. The van der Waals surface area contributed by atoms with Gasteiger partial charge < -0.3 is 15.6 Å². The number of benzene rings is 1. The third-order valence-corrected chi connectivity index (χ3v) is 3.25. The summed E-state index contributed by atoms with van der Waals surface area (Å²) in [6.07, 6.45) is 0.705. The van der Waals surface area contributed by atoms with Crippen molar-refractivity contribution in [3.05, 3.63) is 57.6 Å². The lowest BCUT2D eigenvalue weighted by molar-refractivity contribution is 0.840. The molecular formula is C15H20N4O. The van der Waals surface area contributed by atoms with Gasteiger partial charge in [-0.25, -0.2) is 4.98 Å². The Morgan fingerprint density at radius 3 is 2.65 bits per heavy atom. The summed E-state index contributed by atoms with van der Waals surface area (Å²) in [6.45, 7) is 3.14. The average Bonchev–Trinajstić information content (AvgIpc) is 2.47. The molecule has 2 rings (SSSR count). The van der Waals surface area contributed by atoms with Gasteiger partial charge in [-0.1, -0.05) is 31.2 Å². The van der Waals surface area contributed by atoms with Gasteiger partial charge in [-0.3, -0.25) is 4.79 Å². The number of hydrogen-bond acceptors (Lipinski definition) is 4. The lowest BCUT2D eigenvalue weighted by Crippen LogP contribution is -2.22. The summed E-state index contributed by atoms with van der Waals surface area (Å²) in [5.41, 5.74) is 7.89.